The summed E-state index contributed by atoms with van der Waals surface area (Å²) in [7, 11) is 0. The van der Waals surface area contributed by atoms with E-state index in [0.717, 1.165) is 41.5 Å². The van der Waals surface area contributed by atoms with Crippen LogP contribution in [0.5, 0.6) is 0 Å². The summed E-state index contributed by atoms with van der Waals surface area (Å²) in [5.41, 5.74) is 3.58. The fourth-order valence-corrected chi connectivity index (χ4v) is 8.06. The van der Waals surface area contributed by atoms with Gasteiger partial charge in [0.25, 0.3) is 0 Å². The number of urea groups is 1. The number of carbonyl (C=O) groups is 2. The lowest BCUT2D eigenvalue weighted by Crippen LogP contribution is -2.30. The third-order valence-corrected chi connectivity index (χ3v) is 9.31. The maximum atomic E-state index is 13.1. The van der Waals surface area contributed by atoms with Crippen molar-refractivity contribution in [2.75, 3.05) is 5.32 Å². The Morgan fingerprint density at radius 2 is 1.81 bits per heavy atom. The highest BCUT2D eigenvalue weighted by Crippen LogP contribution is 2.44. The van der Waals surface area contributed by atoms with E-state index in [1.54, 1.807) is 11.3 Å². The lowest BCUT2D eigenvalue weighted by molar-refractivity contribution is 0.00694. The van der Waals surface area contributed by atoms with Crippen LogP contribution in [-0.4, -0.2) is 17.6 Å². The molecule has 2 amide bonds. The highest BCUT2D eigenvalue weighted by atomic mass is 79.9. The molecule has 2 aliphatic carbocycles. The van der Waals surface area contributed by atoms with E-state index in [4.69, 9.17) is 4.74 Å². The monoisotopic (exact) mass is 538 g/mol. The number of hydrogen-bond donors (Lipinski definition) is 2. The van der Waals surface area contributed by atoms with Crippen LogP contribution >= 0.6 is 38.6 Å². The highest BCUT2D eigenvalue weighted by Gasteiger charge is 2.32. The first-order valence-electron chi connectivity index (χ1n) is 11.4. The molecule has 2 aromatic heterocycles. The molecule has 0 aliphatic heterocycles. The van der Waals surface area contributed by atoms with Crippen LogP contribution in [0.2, 0.25) is 0 Å². The number of aryl methyl sites for hydroxylation is 2. The third kappa shape index (κ3) is 5.07. The van der Waals surface area contributed by atoms with Gasteiger partial charge in [-0.25, -0.2) is 9.59 Å². The van der Waals surface area contributed by atoms with Gasteiger partial charge in [-0.3, -0.25) is 5.32 Å². The number of anilines is 1. The summed E-state index contributed by atoms with van der Waals surface area (Å²) in [6.45, 7) is 8.23. The van der Waals surface area contributed by atoms with E-state index in [2.05, 4.69) is 33.5 Å². The molecule has 2 heterocycles. The number of rotatable bonds is 4. The Balaban J connectivity index is 1.53. The number of nitrogens with one attached hydrogen (secondary N) is 2. The molecule has 0 saturated heterocycles. The zero-order valence-corrected chi connectivity index (χ0v) is 22.4. The lowest BCUT2D eigenvalue weighted by Gasteiger charge is -2.23. The van der Waals surface area contributed by atoms with Gasteiger partial charge in [-0.05, 0) is 104 Å². The SMILES string of the molecule is CC1CCCc2sc(NC(=O)NCc3c(Br)sc4c3CCCC4)c(C(=O)OC(C)(C)C)c21. The predicted molar refractivity (Wildman–Crippen MR) is 135 cm³/mol. The molecule has 0 spiro atoms. The number of halogens is 1. The van der Waals surface area contributed by atoms with Crippen molar-refractivity contribution in [2.45, 2.75) is 90.7 Å². The van der Waals surface area contributed by atoms with E-state index < -0.39 is 5.60 Å². The minimum absolute atomic E-state index is 0.282. The van der Waals surface area contributed by atoms with Gasteiger partial charge >= 0.3 is 12.0 Å². The molecular weight excluding hydrogens is 508 g/mol. The average molecular weight is 540 g/mol. The van der Waals surface area contributed by atoms with Crippen LogP contribution in [-0.2, 0) is 30.5 Å². The van der Waals surface area contributed by atoms with Crippen molar-refractivity contribution in [1.82, 2.24) is 5.32 Å². The Morgan fingerprint density at radius 3 is 2.56 bits per heavy atom. The highest BCUT2D eigenvalue weighted by molar-refractivity contribution is 9.11. The molecule has 174 valence electrons. The maximum Gasteiger partial charge on any atom is 0.341 e. The quantitative estimate of drug-likeness (QED) is 0.405. The van der Waals surface area contributed by atoms with Gasteiger partial charge in [0.05, 0.1) is 9.35 Å². The lowest BCUT2D eigenvalue weighted by atomic mass is 9.86. The Hall–Kier alpha value is -1.38. The maximum absolute atomic E-state index is 13.1. The fourth-order valence-electron chi connectivity index (χ4n) is 4.62. The topological polar surface area (TPSA) is 67.4 Å². The number of fused-ring (bicyclic) bond motifs is 2. The molecule has 0 radical (unpaired) electrons. The van der Waals surface area contributed by atoms with Crippen molar-refractivity contribution in [1.29, 1.82) is 0 Å². The van der Waals surface area contributed by atoms with Crippen LogP contribution in [0.4, 0.5) is 9.80 Å². The zero-order chi connectivity index (χ0) is 23.0. The van der Waals surface area contributed by atoms with Crippen LogP contribution in [0.1, 0.15) is 96.1 Å². The van der Waals surface area contributed by atoms with E-state index in [-0.39, 0.29) is 17.9 Å². The predicted octanol–water partition coefficient (Wildman–Crippen LogP) is 7.17. The molecule has 4 rings (SSSR count). The normalized spacial score (nSPS) is 18.0. The third-order valence-electron chi connectivity index (χ3n) is 6.04. The van der Waals surface area contributed by atoms with Gasteiger partial charge in [0.15, 0.2) is 0 Å². The summed E-state index contributed by atoms with van der Waals surface area (Å²) in [5.74, 6) is -0.0712. The minimum atomic E-state index is -0.590. The fraction of sp³-hybridized carbons (Fsp3) is 0.583. The number of hydrogen-bond acceptors (Lipinski definition) is 5. The van der Waals surface area contributed by atoms with Gasteiger partial charge in [0.1, 0.15) is 10.6 Å². The smallest absolute Gasteiger partial charge is 0.341 e. The molecule has 5 nitrogen and oxygen atoms in total. The Kier molecular flexibility index (Phi) is 7.03. The van der Waals surface area contributed by atoms with E-state index in [1.807, 2.05) is 20.8 Å². The summed E-state index contributed by atoms with van der Waals surface area (Å²) in [5, 5.41) is 6.58. The van der Waals surface area contributed by atoms with Crippen molar-refractivity contribution in [3.8, 4) is 0 Å². The standard InChI is InChI=1S/C24H31BrN2O3S2/c1-13-8-7-11-17-18(13)19(22(28)30-24(2,3)4)21(32-17)27-23(29)26-12-15-14-9-5-6-10-16(14)31-20(15)25/h13H,5-12H2,1-4H3,(H2,26,27,29). The molecule has 1 unspecified atom stereocenters. The van der Waals surface area contributed by atoms with Crippen molar-refractivity contribution in [2.24, 2.45) is 0 Å². The molecule has 2 aliphatic rings. The molecule has 1 atom stereocenters. The molecule has 0 aromatic carbocycles. The van der Waals surface area contributed by atoms with Crippen molar-refractivity contribution in [3.63, 3.8) is 0 Å². The molecule has 0 bridgehead atoms. The molecule has 32 heavy (non-hydrogen) atoms. The van der Waals surface area contributed by atoms with Gasteiger partial charge in [0.2, 0.25) is 0 Å². The summed E-state index contributed by atoms with van der Waals surface area (Å²) in [6.07, 6.45) is 7.73. The van der Waals surface area contributed by atoms with Crippen LogP contribution in [0.3, 0.4) is 0 Å². The molecule has 0 saturated carbocycles. The van der Waals surface area contributed by atoms with Gasteiger partial charge < -0.3 is 10.1 Å². The van der Waals surface area contributed by atoms with Crippen molar-refractivity contribution in [3.05, 3.63) is 35.8 Å². The summed E-state index contributed by atoms with van der Waals surface area (Å²) < 4.78 is 6.82. The largest absolute Gasteiger partial charge is 0.456 e. The van der Waals surface area contributed by atoms with Gasteiger partial charge in [0, 0.05) is 16.3 Å². The summed E-state index contributed by atoms with van der Waals surface area (Å²) >= 11 is 6.99. The first-order valence-corrected chi connectivity index (χ1v) is 13.8. The second-order valence-corrected chi connectivity index (χ2v) is 13.2. The Labute approximate surface area is 206 Å². The number of ether oxygens (including phenoxy) is 1. The number of carbonyl (C=O) groups excluding carboxylic acids is 2. The molecule has 2 N–H and O–H groups in total. The summed E-state index contributed by atoms with van der Waals surface area (Å²) in [4.78, 5) is 28.6. The first-order chi connectivity index (χ1) is 15.1. The first kappa shape index (κ1) is 23.8. The van der Waals surface area contributed by atoms with E-state index in [9.17, 15) is 9.59 Å². The van der Waals surface area contributed by atoms with Crippen molar-refractivity contribution >= 4 is 55.6 Å². The minimum Gasteiger partial charge on any atom is -0.456 e. The molecular formula is C24H31BrN2O3S2. The zero-order valence-electron chi connectivity index (χ0n) is 19.2. The number of esters is 1. The van der Waals surface area contributed by atoms with Crippen LogP contribution in [0.25, 0.3) is 0 Å². The van der Waals surface area contributed by atoms with Gasteiger partial charge in [-0.15, -0.1) is 22.7 Å². The molecule has 2 aromatic rings. The second kappa shape index (κ2) is 9.47. The van der Waals surface area contributed by atoms with E-state index >= 15 is 0 Å². The van der Waals surface area contributed by atoms with Crippen molar-refractivity contribution < 1.29 is 14.3 Å². The van der Waals surface area contributed by atoms with Gasteiger partial charge in [-0.1, -0.05) is 6.92 Å². The molecule has 8 heteroatoms. The number of amides is 2. The Morgan fingerprint density at radius 1 is 1.09 bits per heavy atom. The summed E-state index contributed by atoms with van der Waals surface area (Å²) in [6, 6.07) is -0.288. The van der Waals surface area contributed by atoms with E-state index in [0.29, 0.717) is 17.1 Å². The average Bonchev–Trinajstić information content (AvgIpc) is 3.22. The molecule has 0 fully saturated rings. The van der Waals surface area contributed by atoms with Crippen LogP contribution < -0.4 is 10.6 Å². The van der Waals surface area contributed by atoms with E-state index in [1.165, 1.54) is 45.1 Å². The Bertz CT molecular complexity index is 1040. The van der Waals surface area contributed by atoms with Gasteiger partial charge in [-0.2, -0.15) is 0 Å². The van der Waals surface area contributed by atoms with Crippen LogP contribution in [0.15, 0.2) is 3.79 Å². The number of thiophene rings is 2. The second-order valence-electron chi connectivity index (χ2n) is 9.71. The van der Waals surface area contributed by atoms with Crippen LogP contribution in [0, 0.1) is 0 Å².